The van der Waals surface area contributed by atoms with E-state index in [1.165, 1.54) is 12.1 Å². The van der Waals surface area contributed by atoms with E-state index < -0.39 is 6.04 Å². The Kier molecular flexibility index (Phi) is 4.12. The van der Waals surface area contributed by atoms with Crippen LogP contribution >= 0.6 is 0 Å². The van der Waals surface area contributed by atoms with Crippen LogP contribution in [-0.2, 0) is 9.59 Å². The highest BCUT2D eigenvalue weighted by Crippen LogP contribution is 2.26. The van der Waals surface area contributed by atoms with Crippen molar-refractivity contribution < 1.29 is 14.7 Å². The zero-order valence-electron chi connectivity index (χ0n) is 13.6. The van der Waals surface area contributed by atoms with Crippen LogP contribution in [0.25, 0.3) is 0 Å². The highest BCUT2D eigenvalue weighted by molar-refractivity contribution is 6.23. The van der Waals surface area contributed by atoms with E-state index in [2.05, 4.69) is 5.32 Å². The van der Waals surface area contributed by atoms with Gasteiger partial charge in [-0.15, -0.1) is 0 Å². The normalized spacial score (nSPS) is 17.2. The fraction of sp³-hybridized carbons (Fsp3) is 0.222. The number of aromatic hydroxyl groups is 1. The smallest absolute Gasteiger partial charge is 0.256 e. The Hall–Kier alpha value is -3.02. The number of anilines is 3. The number of phenols is 1. The molecule has 0 radical (unpaired) electrons. The first-order chi connectivity index (χ1) is 11.5. The highest BCUT2D eigenvalue weighted by atomic mass is 16.3. The van der Waals surface area contributed by atoms with Crippen LogP contribution in [0.4, 0.5) is 17.1 Å². The van der Waals surface area contributed by atoms with Gasteiger partial charge in [0.15, 0.2) is 0 Å². The average Bonchev–Trinajstić information content (AvgIpc) is 2.83. The second-order valence-corrected chi connectivity index (χ2v) is 5.93. The molecule has 1 atom stereocenters. The third kappa shape index (κ3) is 3.03. The van der Waals surface area contributed by atoms with Gasteiger partial charge in [0.25, 0.3) is 5.91 Å². The Bertz CT molecular complexity index is 754. The summed E-state index contributed by atoms with van der Waals surface area (Å²) in [6, 6.07) is 13.1. The van der Waals surface area contributed by atoms with Crippen molar-refractivity contribution in [3.8, 4) is 5.75 Å². The summed E-state index contributed by atoms with van der Waals surface area (Å²) in [6.45, 7) is 0. The predicted octanol–water partition coefficient (Wildman–Crippen LogP) is 2.20. The minimum Gasteiger partial charge on any atom is -0.508 e. The van der Waals surface area contributed by atoms with Gasteiger partial charge in [-0.1, -0.05) is 0 Å². The molecule has 124 valence electrons. The molecule has 6 nitrogen and oxygen atoms in total. The molecule has 0 unspecified atom stereocenters. The Labute approximate surface area is 140 Å². The Balaban J connectivity index is 1.75. The zero-order valence-corrected chi connectivity index (χ0v) is 13.6. The van der Waals surface area contributed by atoms with Crippen molar-refractivity contribution in [3.63, 3.8) is 0 Å². The Morgan fingerprint density at radius 2 is 1.67 bits per heavy atom. The van der Waals surface area contributed by atoms with E-state index in [4.69, 9.17) is 0 Å². The van der Waals surface area contributed by atoms with E-state index in [0.717, 1.165) is 16.3 Å². The number of hydrogen-bond donors (Lipinski definition) is 2. The van der Waals surface area contributed by atoms with Gasteiger partial charge in [-0.05, 0) is 48.5 Å². The lowest BCUT2D eigenvalue weighted by Gasteiger charge is -2.17. The first-order valence-corrected chi connectivity index (χ1v) is 7.65. The van der Waals surface area contributed by atoms with Crippen LogP contribution in [0, 0.1) is 0 Å². The molecule has 1 saturated heterocycles. The van der Waals surface area contributed by atoms with E-state index in [-0.39, 0.29) is 24.0 Å². The Morgan fingerprint density at radius 1 is 1.04 bits per heavy atom. The lowest BCUT2D eigenvalue weighted by molar-refractivity contribution is -0.121. The number of benzene rings is 2. The van der Waals surface area contributed by atoms with Crippen molar-refractivity contribution >= 4 is 28.9 Å². The van der Waals surface area contributed by atoms with Gasteiger partial charge in [-0.25, -0.2) is 4.90 Å². The summed E-state index contributed by atoms with van der Waals surface area (Å²) in [7, 11) is 3.91. The monoisotopic (exact) mass is 325 g/mol. The molecule has 0 bridgehead atoms. The first-order valence-electron chi connectivity index (χ1n) is 7.65. The van der Waals surface area contributed by atoms with Crippen LogP contribution in [0.1, 0.15) is 6.42 Å². The van der Waals surface area contributed by atoms with Crippen LogP contribution in [0.15, 0.2) is 48.5 Å². The van der Waals surface area contributed by atoms with Crippen molar-refractivity contribution in [2.45, 2.75) is 12.5 Å². The van der Waals surface area contributed by atoms with E-state index >= 15 is 0 Å². The molecule has 0 saturated carbocycles. The quantitative estimate of drug-likeness (QED) is 0.843. The minimum atomic E-state index is -0.587. The van der Waals surface area contributed by atoms with Gasteiger partial charge in [0.1, 0.15) is 11.8 Å². The minimum absolute atomic E-state index is 0.0912. The second-order valence-electron chi connectivity index (χ2n) is 5.93. The lowest BCUT2D eigenvalue weighted by atomic mass is 10.2. The summed E-state index contributed by atoms with van der Waals surface area (Å²) in [5.74, 6) is -0.455. The van der Waals surface area contributed by atoms with Crippen molar-refractivity contribution in [1.82, 2.24) is 0 Å². The largest absolute Gasteiger partial charge is 0.508 e. The van der Waals surface area contributed by atoms with Crippen molar-refractivity contribution in [2.24, 2.45) is 0 Å². The molecule has 2 aromatic rings. The molecule has 6 heteroatoms. The molecule has 2 amide bonds. The maximum absolute atomic E-state index is 12.6. The van der Waals surface area contributed by atoms with E-state index in [9.17, 15) is 14.7 Å². The molecule has 0 spiro atoms. The van der Waals surface area contributed by atoms with Gasteiger partial charge in [0.05, 0.1) is 12.1 Å². The number of imide groups is 1. The van der Waals surface area contributed by atoms with Crippen molar-refractivity contribution in [1.29, 1.82) is 0 Å². The van der Waals surface area contributed by atoms with Gasteiger partial charge < -0.3 is 15.3 Å². The molecule has 2 aromatic carbocycles. The molecule has 3 rings (SSSR count). The standard InChI is InChI=1S/C18H19N3O3/c1-20(2)13-5-3-12(4-6-13)19-16-11-17(23)21(18(16)24)14-7-9-15(22)10-8-14/h3-10,16,19,22H,11H2,1-2H3/t16-/m0/s1. The second kappa shape index (κ2) is 6.23. The molecule has 0 aliphatic carbocycles. The summed E-state index contributed by atoms with van der Waals surface area (Å²) < 4.78 is 0. The van der Waals surface area contributed by atoms with Gasteiger partial charge >= 0.3 is 0 Å². The van der Waals surface area contributed by atoms with Crippen LogP contribution < -0.4 is 15.1 Å². The van der Waals surface area contributed by atoms with Crippen molar-refractivity contribution in [2.75, 3.05) is 29.2 Å². The number of nitrogens with zero attached hydrogens (tertiary/aromatic N) is 2. The molecule has 0 aromatic heterocycles. The van der Waals surface area contributed by atoms with E-state index in [1.807, 2.05) is 43.3 Å². The maximum Gasteiger partial charge on any atom is 0.256 e. The molecular formula is C18H19N3O3. The lowest BCUT2D eigenvalue weighted by Crippen LogP contribution is -2.34. The summed E-state index contributed by atoms with van der Waals surface area (Å²) in [6.07, 6.45) is 0.106. The fourth-order valence-electron chi connectivity index (χ4n) is 2.67. The molecule has 2 N–H and O–H groups in total. The summed E-state index contributed by atoms with van der Waals surface area (Å²) in [5.41, 5.74) is 2.31. The molecule has 1 heterocycles. The highest BCUT2D eigenvalue weighted by Gasteiger charge is 2.39. The van der Waals surface area contributed by atoms with Gasteiger partial charge in [-0.3, -0.25) is 9.59 Å². The number of carbonyl (C=O) groups is 2. The number of hydrogen-bond acceptors (Lipinski definition) is 5. The molecule has 24 heavy (non-hydrogen) atoms. The SMILES string of the molecule is CN(C)c1ccc(N[C@H]2CC(=O)N(c3ccc(O)cc3)C2=O)cc1. The number of carbonyl (C=O) groups excluding carboxylic acids is 2. The number of nitrogens with one attached hydrogen (secondary N) is 1. The van der Waals surface area contributed by atoms with Gasteiger partial charge in [0.2, 0.25) is 5.91 Å². The Morgan fingerprint density at radius 3 is 2.25 bits per heavy atom. The molecular weight excluding hydrogens is 306 g/mol. The van der Waals surface area contributed by atoms with E-state index in [0.29, 0.717) is 5.69 Å². The number of rotatable bonds is 4. The third-order valence-electron chi connectivity index (χ3n) is 3.98. The number of phenolic OH excluding ortho intramolecular Hbond substituents is 1. The zero-order chi connectivity index (χ0) is 17.3. The van der Waals surface area contributed by atoms with Gasteiger partial charge in [-0.2, -0.15) is 0 Å². The van der Waals surface area contributed by atoms with Crippen LogP contribution in [0.5, 0.6) is 5.75 Å². The fourth-order valence-corrected chi connectivity index (χ4v) is 2.67. The van der Waals surface area contributed by atoms with E-state index in [1.54, 1.807) is 12.1 Å². The summed E-state index contributed by atoms with van der Waals surface area (Å²) >= 11 is 0. The molecule has 1 fully saturated rings. The maximum atomic E-state index is 12.6. The molecule has 1 aliphatic heterocycles. The average molecular weight is 325 g/mol. The summed E-state index contributed by atoms with van der Waals surface area (Å²) in [4.78, 5) is 27.9. The van der Waals surface area contributed by atoms with Crippen LogP contribution in [0.2, 0.25) is 0 Å². The number of amides is 2. The first kappa shape index (κ1) is 15.9. The van der Waals surface area contributed by atoms with Gasteiger partial charge in [0, 0.05) is 25.5 Å². The molecule has 1 aliphatic rings. The third-order valence-corrected chi connectivity index (χ3v) is 3.98. The van der Waals surface area contributed by atoms with Crippen LogP contribution in [-0.4, -0.2) is 37.1 Å². The van der Waals surface area contributed by atoms with Crippen LogP contribution in [0.3, 0.4) is 0 Å². The topological polar surface area (TPSA) is 72.9 Å². The predicted molar refractivity (Wildman–Crippen MR) is 93.4 cm³/mol. The summed E-state index contributed by atoms with van der Waals surface area (Å²) in [5, 5.41) is 12.5. The van der Waals surface area contributed by atoms with Crippen molar-refractivity contribution in [3.05, 3.63) is 48.5 Å².